The topological polar surface area (TPSA) is 185 Å². The largest absolute Gasteiger partial charge is 2.00 e. The van der Waals surface area contributed by atoms with Gasteiger partial charge in [0.25, 0.3) is 11.8 Å². The summed E-state index contributed by atoms with van der Waals surface area (Å²) in [6, 6.07) is 0. The van der Waals surface area contributed by atoms with E-state index in [1.54, 1.807) is 27.7 Å². The molecule has 180 valence electrons. The van der Waals surface area contributed by atoms with E-state index < -0.39 is 22.9 Å². The van der Waals surface area contributed by atoms with Crippen LogP contribution in [-0.4, -0.2) is 77.3 Å². The fourth-order valence-electron chi connectivity index (χ4n) is 2.34. The summed E-state index contributed by atoms with van der Waals surface area (Å²) in [4.78, 5) is 30.4. The first-order valence-electron chi connectivity index (χ1n) is 8.67. The summed E-state index contributed by atoms with van der Waals surface area (Å²) < 4.78 is 2.88. The van der Waals surface area contributed by atoms with Crippen LogP contribution in [0.4, 0.5) is 0 Å². The Morgan fingerprint density at radius 3 is 1.27 bits per heavy atom. The number of hydrogen-bond acceptors (Lipinski definition) is 10. The monoisotopic (exact) mass is 556 g/mol. The van der Waals surface area contributed by atoms with Gasteiger partial charge >= 0.3 is 19.5 Å². The molecule has 14 nitrogen and oxygen atoms in total. The molecule has 2 rings (SSSR count). The first-order valence-corrected chi connectivity index (χ1v) is 8.67. The van der Waals surface area contributed by atoms with E-state index in [-0.39, 0.29) is 55.7 Å². The molecular formula is C16H26Cl2N10O4Zn. The van der Waals surface area contributed by atoms with E-state index in [4.69, 9.17) is 10.4 Å². The van der Waals surface area contributed by atoms with Gasteiger partial charge in [0.2, 0.25) is 0 Å². The Morgan fingerprint density at radius 1 is 0.788 bits per heavy atom. The molecule has 0 aliphatic heterocycles. The summed E-state index contributed by atoms with van der Waals surface area (Å²) >= 11 is 0. The van der Waals surface area contributed by atoms with Gasteiger partial charge in [-0.2, -0.15) is 10.2 Å². The zero-order valence-corrected chi connectivity index (χ0v) is 23.5. The number of carbonyl (C=O) groups excluding carboxylic acids is 2. The van der Waals surface area contributed by atoms with Crippen molar-refractivity contribution >= 4 is 23.2 Å². The number of rotatable bonds is 6. The Hall–Kier alpha value is -2.64. The molecule has 0 atom stereocenters. The minimum absolute atomic E-state index is 0. The maximum Gasteiger partial charge on any atom is 2.00 e. The Labute approximate surface area is 215 Å². The van der Waals surface area contributed by atoms with Crippen molar-refractivity contribution in [2.24, 2.45) is 10.3 Å². The van der Waals surface area contributed by atoms with Crippen LogP contribution >= 0.6 is 0 Å². The first kappa shape index (κ1) is 35.0. The SMILES string of the molecule is CNC(=O)C(=NO)C(C)(C)n1cncn1.CNC(=O)C(=NO)C(C)(C)n1cncn1.[Cl-].[Cl-].[Zn+2]. The van der Waals surface area contributed by atoms with Gasteiger partial charge in [0, 0.05) is 14.1 Å². The van der Waals surface area contributed by atoms with Crippen molar-refractivity contribution in [1.29, 1.82) is 0 Å². The van der Waals surface area contributed by atoms with Crippen LogP contribution < -0.4 is 35.4 Å². The zero-order valence-electron chi connectivity index (χ0n) is 19.1. The molecule has 0 aliphatic carbocycles. The number of halogens is 2. The Bertz CT molecular complexity index is 828. The summed E-state index contributed by atoms with van der Waals surface area (Å²) in [6.45, 7) is 6.80. The summed E-state index contributed by atoms with van der Waals surface area (Å²) in [5.74, 6) is -0.920. The third-order valence-electron chi connectivity index (χ3n) is 4.23. The van der Waals surface area contributed by atoms with Gasteiger partial charge in [-0.1, -0.05) is 10.3 Å². The number of amides is 2. The number of hydrogen-bond donors (Lipinski definition) is 4. The molecule has 0 aromatic carbocycles. The molecule has 4 N–H and O–H groups in total. The van der Waals surface area contributed by atoms with E-state index in [0.717, 1.165) is 0 Å². The van der Waals surface area contributed by atoms with E-state index in [1.807, 2.05) is 0 Å². The van der Waals surface area contributed by atoms with Crippen molar-refractivity contribution in [2.75, 3.05) is 14.1 Å². The van der Waals surface area contributed by atoms with E-state index in [1.165, 1.54) is 48.8 Å². The summed E-state index contributed by atoms with van der Waals surface area (Å²) in [7, 11) is 2.93. The van der Waals surface area contributed by atoms with Gasteiger partial charge in [0.1, 0.15) is 36.4 Å². The predicted octanol–water partition coefficient (Wildman–Crippen LogP) is -6.82. The van der Waals surface area contributed by atoms with Gasteiger partial charge in [-0.3, -0.25) is 9.59 Å². The van der Waals surface area contributed by atoms with E-state index in [2.05, 4.69) is 41.1 Å². The van der Waals surface area contributed by atoms with Gasteiger partial charge in [-0.25, -0.2) is 19.3 Å². The normalized spacial score (nSPS) is 11.5. The number of nitrogens with one attached hydrogen (secondary N) is 2. The average molecular weight is 559 g/mol. The first-order chi connectivity index (χ1) is 14.1. The molecule has 0 bridgehead atoms. The molecule has 0 saturated carbocycles. The van der Waals surface area contributed by atoms with Crippen LogP contribution in [0.25, 0.3) is 0 Å². The third-order valence-corrected chi connectivity index (χ3v) is 4.23. The van der Waals surface area contributed by atoms with E-state index in [0.29, 0.717) is 0 Å². The molecule has 0 fully saturated rings. The smallest absolute Gasteiger partial charge is 1.00 e. The second-order valence-electron chi connectivity index (χ2n) is 6.85. The van der Waals surface area contributed by atoms with Gasteiger partial charge in [-0.05, 0) is 27.7 Å². The number of nitrogens with zero attached hydrogens (tertiary/aromatic N) is 8. The zero-order chi connectivity index (χ0) is 22.9. The van der Waals surface area contributed by atoms with E-state index >= 15 is 0 Å². The Kier molecular flexibility index (Phi) is 16.2. The molecule has 33 heavy (non-hydrogen) atoms. The molecule has 0 saturated heterocycles. The van der Waals surface area contributed by atoms with Crippen molar-refractivity contribution in [3.05, 3.63) is 25.3 Å². The van der Waals surface area contributed by atoms with Crippen LogP contribution in [0.1, 0.15) is 27.7 Å². The van der Waals surface area contributed by atoms with Crippen LogP contribution in [0.2, 0.25) is 0 Å². The number of carbonyl (C=O) groups is 2. The van der Waals surface area contributed by atoms with Gasteiger partial charge < -0.3 is 45.9 Å². The second-order valence-corrected chi connectivity index (χ2v) is 6.85. The summed E-state index contributed by atoms with van der Waals surface area (Å²) in [5.41, 5.74) is -1.78. The second kappa shape index (κ2) is 15.2. The van der Waals surface area contributed by atoms with Crippen molar-refractivity contribution in [1.82, 2.24) is 40.2 Å². The fourth-order valence-corrected chi connectivity index (χ4v) is 2.34. The molecule has 0 unspecified atom stereocenters. The van der Waals surface area contributed by atoms with Crippen molar-refractivity contribution in [3.63, 3.8) is 0 Å². The third kappa shape index (κ3) is 8.33. The molecule has 0 aliphatic rings. The van der Waals surface area contributed by atoms with Crippen molar-refractivity contribution < 1.29 is 64.3 Å². The van der Waals surface area contributed by atoms with Crippen LogP contribution in [0.3, 0.4) is 0 Å². The Morgan fingerprint density at radius 2 is 1.09 bits per heavy atom. The molecule has 2 aromatic heterocycles. The standard InChI is InChI=1S/2C8H13N5O2.2ClH.Zn/c2*1-8(2,13-5-10-4-11-13)6(12-15)7(14)9-3;;;/h2*4-5,15H,1-3H3,(H,9,14);2*1H;/q;;;;+2/p-2. The fraction of sp³-hybridized carbons (Fsp3) is 0.500. The van der Waals surface area contributed by atoms with Crippen molar-refractivity contribution in [2.45, 2.75) is 38.8 Å². The van der Waals surface area contributed by atoms with Crippen LogP contribution in [0.5, 0.6) is 0 Å². The quantitative estimate of drug-likeness (QED) is 0.117. The summed E-state index contributed by atoms with van der Waals surface area (Å²) in [5, 5.41) is 36.3. The molecule has 2 heterocycles. The molecule has 0 radical (unpaired) electrons. The molecular weight excluding hydrogens is 533 g/mol. The van der Waals surface area contributed by atoms with Gasteiger partial charge in [-0.15, -0.1) is 0 Å². The van der Waals surface area contributed by atoms with Crippen LogP contribution in [0, 0.1) is 0 Å². The van der Waals surface area contributed by atoms with Gasteiger partial charge in [0.15, 0.2) is 11.4 Å². The molecule has 17 heteroatoms. The summed E-state index contributed by atoms with van der Waals surface area (Å²) in [6.07, 6.45) is 5.60. The maximum atomic E-state index is 11.4. The molecule has 0 spiro atoms. The molecule has 2 amide bonds. The van der Waals surface area contributed by atoms with Crippen LogP contribution in [-0.2, 0) is 40.1 Å². The van der Waals surface area contributed by atoms with Gasteiger partial charge in [0.05, 0.1) is 0 Å². The Balaban J connectivity index is -0.000000500. The van der Waals surface area contributed by atoms with Crippen molar-refractivity contribution in [3.8, 4) is 0 Å². The maximum absolute atomic E-state index is 11.4. The number of aromatic nitrogens is 6. The van der Waals surface area contributed by atoms with Crippen LogP contribution in [0.15, 0.2) is 35.6 Å². The van der Waals surface area contributed by atoms with E-state index in [9.17, 15) is 9.59 Å². The molecule has 2 aromatic rings. The predicted molar refractivity (Wildman–Crippen MR) is 105 cm³/mol. The average Bonchev–Trinajstić information content (AvgIpc) is 3.43. The number of oxime groups is 2. The minimum Gasteiger partial charge on any atom is -1.00 e. The minimum atomic E-state index is -0.856.